The number of aryl methyl sites for hydroxylation is 3. The number of hydrogen-bond donors (Lipinski definition) is 0. The fourth-order valence-corrected chi connectivity index (χ4v) is 4.95. The summed E-state index contributed by atoms with van der Waals surface area (Å²) in [6, 6.07) is 9.70. The number of thioether (sulfide) groups is 1. The molecule has 6 heteroatoms. The van der Waals surface area contributed by atoms with Crippen molar-refractivity contribution in [2.24, 2.45) is 0 Å². The Labute approximate surface area is 156 Å². The van der Waals surface area contributed by atoms with Crippen molar-refractivity contribution in [1.29, 1.82) is 0 Å². The van der Waals surface area contributed by atoms with E-state index in [1.165, 1.54) is 22.2 Å². The van der Waals surface area contributed by atoms with Gasteiger partial charge < -0.3 is 4.90 Å². The van der Waals surface area contributed by atoms with Crippen LogP contribution in [0, 0.1) is 20.8 Å². The molecule has 0 saturated heterocycles. The third-order valence-corrected chi connectivity index (χ3v) is 6.39. The molecule has 0 spiro atoms. The molecule has 1 aromatic carbocycles. The molecule has 0 N–H and O–H groups in total. The van der Waals surface area contributed by atoms with Gasteiger partial charge in [0.25, 0.3) is 0 Å². The van der Waals surface area contributed by atoms with Gasteiger partial charge in [-0.1, -0.05) is 30.0 Å². The summed E-state index contributed by atoms with van der Waals surface area (Å²) in [6.45, 7) is 8.03. The van der Waals surface area contributed by atoms with E-state index in [0.29, 0.717) is 0 Å². The molecule has 130 valence electrons. The number of carbonyl (C=O) groups excluding carboxylic acids is 1. The first-order valence-corrected chi connectivity index (χ1v) is 9.81. The fourth-order valence-electron chi connectivity index (χ4n) is 2.67. The van der Waals surface area contributed by atoms with E-state index >= 15 is 0 Å². The van der Waals surface area contributed by atoms with E-state index in [0.717, 1.165) is 26.8 Å². The predicted molar refractivity (Wildman–Crippen MR) is 107 cm³/mol. The minimum absolute atomic E-state index is 0.0604. The number of hydrogen-bond acceptors (Lipinski definition) is 5. The molecule has 0 fully saturated rings. The Morgan fingerprint density at radius 3 is 2.52 bits per heavy atom. The number of rotatable bonds is 4. The highest BCUT2D eigenvalue weighted by molar-refractivity contribution is 8.00. The van der Waals surface area contributed by atoms with Crippen LogP contribution in [0.3, 0.4) is 0 Å². The maximum atomic E-state index is 12.8. The summed E-state index contributed by atoms with van der Waals surface area (Å²) in [5.41, 5.74) is 2.10. The van der Waals surface area contributed by atoms with Gasteiger partial charge in [0, 0.05) is 23.0 Å². The van der Waals surface area contributed by atoms with E-state index in [4.69, 9.17) is 0 Å². The van der Waals surface area contributed by atoms with Gasteiger partial charge in [-0.2, -0.15) is 0 Å². The highest BCUT2D eigenvalue weighted by Gasteiger charge is 2.23. The lowest BCUT2D eigenvalue weighted by Gasteiger charge is -2.21. The second-order valence-corrected chi connectivity index (χ2v) is 8.56. The Bertz CT molecular complexity index is 921. The van der Waals surface area contributed by atoms with Crippen LogP contribution in [-0.4, -0.2) is 28.2 Å². The SMILES string of the molecule is Cc1nc(S[C@@H](C)C(=O)N(C)c2ccccc2)c2c(C)c(C)sc2n1. The molecule has 1 amide bonds. The molecule has 0 aliphatic rings. The zero-order valence-corrected chi connectivity index (χ0v) is 16.7. The number of benzene rings is 1. The second kappa shape index (κ2) is 7.14. The van der Waals surface area contributed by atoms with Crippen LogP contribution >= 0.6 is 23.1 Å². The number of thiophene rings is 1. The van der Waals surface area contributed by atoms with Gasteiger partial charge in [-0.05, 0) is 45.4 Å². The Balaban J connectivity index is 1.89. The van der Waals surface area contributed by atoms with Crippen molar-refractivity contribution in [3.63, 3.8) is 0 Å². The molecule has 0 radical (unpaired) electrons. The van der Waals surface area contributed by atoms with Crippen LogP contribution in [-0.2, 0) is 4.79 Å². The van der Waals surface area contributed by atoms with Crippen LogP contribution in [0.1, 0.15) is 23.2 Å². The molecule has 4 nitrogen and oxygen atoms in total. The maximum absolute atomic E-state index is 12.8. The number of nitrogens with zero attached hydrogens (tertiary/aromatic N) is 3. The Hall–Kier alpha value is -1.92. The largest absolute Gasteiger partial charge is 0.315 e. The zero-order chi connectivity index (χ0) is 18.1. The summed E-state index contributed by atoms with van der Waals surface area (Å²) >= 11 is 3.20. The van der Waals surface area contributed by atoms with Crippen LogP contribution in [0.5, 0.6) is 0 Å². The van der Waals surface area contributed by atoms with Crippen LogP contribution in [0.4, 0.5) is 5.69 Å². The molecule has 2 heterocycles. The summed E-state index contributed by atoms with van der Waals surface area (Å²) < 4.78 is 0. The minimum atomic E-state index is -0.234. The Kier molecular flexibility index (Phi) is 5.11. The van der Waals surface area contributed by atoms with Gasteiger partial charge in [-0.15, -0.1) is 11.3 Å². The highest BCUT2D eigenvalue weighted by Crippen LogP contribution is 2.37. The van der Waals surface area contributed by atoms with E-state index in [9.17, 15) is 4.79 Å². The van der Waals surface area contributed by atoms with Gasteiger partial charge >= 0.3 is 0 Å². The summed E-state index contributed by atoms with van der Waals surface area (Å²) in [6.07, 6.45) is 0. The topological polar surface area (TPSA) is 46.1 Å². The van der Waals surface area contributed by atoms with Crippen LogP contribution < -0.4 is 4.90 Å². The third kappa shape index (κ3) is 3.55. The van der Waals surface area contributed by atoms with Crippen molar-refractivity contribution < 1.29 is 4.79 Å². The Morgan fingerprint density at radius 2 is 1.84 bits per heavy atom. The standard InChI is InChI=1S/C19H21N3OS2/c1-11-12(2)24-17-16(11)18(21-14(4)20-17)25-13(3)19(23)22(5)15-9-7-6-8-10-15/h6-10,13H,1-5H3/t13-/m0/s1. The molecule has 3 aromatic rings. The van der Waals surface area contributed by atoms with Crippen LogP contribution in [0.2, 0.25) is 0 Å². The summed E-state index contributed by atoms with van der Waals surface area (Å²) in [4.78, 5) is 25.9. The van der Waals surface area contributed by atoms with Gasteiger partial charge in [0.1, 0.15) is 15.7 Å². The lowest BCUT2D eigenvalue weighted by atomic mass is 10.2. The first-order valence-electron chi connectivity index (χ1n) is 8.12. The molecule has 0 aliphatic carbocycles. The number of anilines is 1. The number of fused-ring (bicyclic) bond motifs is 1. The molecular weight excluding hydrogens is 350 g/mol. The van der Waals surface area contributed by atoms with Crippen molar-refractivity contribution in [2.45, 2.75) is 38.0 Å². The smallest absolute Gasteiger partial charge is 0.239 e. The number of para-hydroxylation sites is 1. The Morgan fingerprint density at radius 1 is 1.16 bits per heavy atom. The van der Waals surface area contributed by atoms with Gasteiger partial charge in [0.15, 0.2) is 0 Å². The maximum Gasteiger partial charge on any atom is 0.239 e. The molecule has 0 aliphatic heterocycles. The quantitative estimate of drug-likeness (QED) is 0.490. The highest BCUT2D eigenvalue weighted by atomic mass is 32.2. The number of aromatic nitrogens is 2. The predicted octanol–water partition coefficient (Wildman–Crippen LogP) is 4.76. The molecule has 0 saturated carbocycles. The van der Waals surface area contributed by atoms with E-state index < -0.39 is 0 Å². The van der Waals surface area contributed by atoms with E-state index in [2.05, 4.69) is 23.8 Å². The lowest BCUT2D eigenvalue weighted by molar-refractivity contribution is -0.117. The molecule has 1 atom stereocenters. The molecule has 0 bridgehead atoms. The normalized spacial score (nSPS) is 12.4. The van der Waals surface area contributed by atoms with Crippen LogP contribution in [0.25, 0.3) is 10.2 Å². The minimum Gasteiger partial charge on any atom is -0.315 e. The summed E-state index contributed by atoms with van der Waals surface area (Å²) in [5, 5.41) is 1.74. The van der Waals surface area contributed by atoms with Gasteiger partial charge in [0.2, 0.25) is 5.91 Å². The number of amides is 1. The lowest BCUT2D eigenvalue weighted by Crippen LogP contribution is -2.33. The average molecular weight is 372 g/mol. The van der Waals surface area contributed by atoms with Crippen molar-refractivity contribution >= 4 is 44.9 Å². The molecule has 25 heavy (non-hydrogen) atoms. The zero-order valence-electron chi connectivity index (χ0n) is 15.0. The summed E-state index contributed by atoms with van der Waals surface area (Å²) in [5.74, 6) is 0.803. The molecular formula is C19H21N3OS2. The average Bonchev–Trinajstić information content (AvgIpc) is 2.88. The van der Waals surface area contributed by atoms with Crippen molar-refractivity contribution in [2.75, 3.05) is 11.9 Å². The van der Waals surface area contributed by atoms with Crippen molar-refractivity contribution in [3.8, 4) is 0 Å². The molecule has 3 rings (SSSR count). The summed E-state index contributed by atoms with van der Waals surface area (Å²) in [7, 11) is 1.82. The fraction of sp³-hybridized carbons (Fsp3) is 0.316. The third-order valence-electron chi connectivity index (χ3n) is 4.22. The van der Waals surface area contributed by atoms with E-state index in [1.54, 1.807) is 16.2 Å². The van der Waals surface area contributed by atoms with Gasteiger partial charge in [-0.25, -0.2) is 9.97 Å². The van der Waals surface area contributed by atoms with Crippen molar-refractivity contribution in [1.82, 2.24) is 9.97 Å². The van der Waals surface area contributed by atoms with E-state index in [-0.39, 0.29) is 11.2 Å². The first kappa shape index (κ1) is 17.9. The van der Waals surface area contributed by atoms with E-state index in [1.807, 2.05) is 51.2 Å². The second-order valence-electron chi connectivity index (χ2n) is 6.03. The first-order chi connectivity index (χ1) is 11.9. The van der Waals surface area contributed by atoms with Gasteiger partial charge in [-0.3, -0.25) is 4.79 Å². The van der Waals surface area contributed by atoms with Crippen LogP contribution in [0.15, 0.2) is 35.4 Å². The molecule has 2 aromatic heterocycles. The monoisotopic (exact) mass is 371 g/mol. The van der Waals surface area contributed by atoms with Crippen molar-refractivity contribution in [3.05, 3.63) is 46.6 Å². The number of carbonyl (C=O) groups is 1. The van der Waals surface area contributed by atoms with Gasteiger partial charge in [0.05, 0.1) is 5.25 Å². The molecule has 0 unspecified atom stereocenters.